The molecule has 2 N–H and O–H groups in total. The minimum Gasteiger partial charge on any atom is -0.331 e. The molecule has 0 bridgehead atoms. The number of carbonyl (C=O) groups excluding carboxylic acids is 1. The van der Waals surface area contributed by atoms with Gasteiger partial charge in [-0.15, -0.1) is 0 Å². The highest BCUT2D eigenvalue weighted by Gasteiger charge is 2.39. The Morgan fingerprint density at radius 1 is 1.39 bits per heavy atom. The number of amides is 1. The van der Waals surface area contributed by atoms with Gasteiger partial charge < -0.3 is 15.2 Å². The Labute approximate surface area is 164 Å². The molecular formula is C21H26FN5O. The highest BCUT2D eigenvalue weighted by molar-refractivity contribution is 5.87. The zero-order valence-electron chi connectivity index (χ0n) is 16.6. The molecule has 2 aromatic rings. The van der Waals surface area contributed by atoms with Crippen LogP contribution in [0.4, 0.5) is 4.39 Å². The largest absolute Gasteiger partial charge is 0.331 e. The van der Waals surface area contributed by atoms with Gasteiger partial charge in [-0.25, -0.2) is 14.4 Å². The Morgan fingerprint density at radius 2 is 2.11 bits per heavy atom. The lowest BCUT2D eigenvalue weighted by molar-refractivity contribution is -0.133. The van der Waals surface area contributed by atoms with Crippen LogP contribution >= 0.6 is 0 Å². The number of imidazole rings is 1. The summed E-state index contributed by atoms with van der Waals surface area (Å²) in [7, 11) is 1.96. The number of hydrogen-bond donors (Lipinski definition) is 2. The van der Waals surface area contributed by atoms with Gasteiger partial charge in [-0.05, 0) is 56.9 Å². The van der Waals surface area contributed by atoms with Gasteiger partial charge in [-0.3, -0.25) is 4.79 Å². The Bertz CT molecular complexity index is 925. The maximum atomic E-state index is 14.9. The molecule has 1 aromatic carbocycles. The first-order valence-electron chi connectivity index (χ1n) is 9.33. The van der Waals surface area contributed by atoms with Gasteiger partial charge in [0.05, 0.1) is 11.9 Å². The van der Waals surface area contributed by atoms with E-state index >= 15 is 0 Å². The molecule has 1 fully saturated rings. The summed E-state index contributed by atoms with van der Waals surface area (Å²) in [4.78, 5) is 20.7. The number of aliphatic imine (C=N–C) groups is 1. The zero-order valence-corrected chi connectivity index (χ0v) is 16.6. The standard InChI is InChI=1S/C21H26FN5O/c1-14-5-6-16(18-13-25-15(2)27(18)4)11-17(14)12-19(23-3)26-20(28)21(22)7-9-24-10-8-21/h5-6,11-13,24H,3,7-10H2,1-2,4H3,(H,26,28)/b19-12+. The Morgan fingerprint density at radius 3 is 2.71 bits per heavy atom. The number of benzene rings is 1. The molecule has 1 aliphatic rings. The van der Waals surface area contributed by atoms with Gasteiger partial charge in [0.2, 0.25) is 0 Å². The van der Waals surface area contributed by atoms with E-state index < -0.39 is 11.6 Å². The molecule has 0 atom stereocenters. The summed E-state index contributed by atoms with van der Waals surface area (Å²) in [5.74, 6) is 0.495. The number of aromatic nitrogens is 2. The number of aryl methyl sites for hydroxylation is 2. The van der Waals surface area contributed by atoms with Gasteiger partial charge in [-0.1, -0.05) is 12.1 Å². The minimum absolute atomic E-state index is 0.150. The molecular weight excluding hydrogens is 357 g/mol. The van der Waals surface area contributed by atoms with Gasteiger partial charge in [0.15, 0.2) is 5.67 Å². The maximum Gasteiger partial charge on any atom is 0.263 e. The number of nitrogens with zero attached hydrogens (tertiary/aromatic N) is 3. The van der Waals surface area contributed by atoms with E-state index in [-0.39, 0.29) is 18.7 Å². The molecule has 1 aromatic heterocycles. The monoisotopic (exact) mass is 383 g/mol. The number of rotatable bonds is 5. The minimum atomic E-state index is -1.88. The molecule has 28 heavy (non-hydrogen) atoms. The number of hydrogen-bond acceptors (Lipinski definition) is 4. The van der Waals surface area contributed by atoms with E-state index in [1.165, 1.54) is 0 Å². The second-order valence-corrected chi connectivity index (χ2v) is 7.18. The number of piperidine rings is 1. The van der Waals surface area contributed by atoms with Gasteiger partial charge in [0, 0.05) is 25.5 Å². The van der Waals surface area contributed by atoms with Crippen molar-refractivity contribution >= 4 is 18.7 Å². The number of carbonyl (C=O) groups is 1. The van der Waals surface area contributed by atoms with Crippen molar-refractivity contribution in [2.75, 3.05) is 13.1 Å². The van der Waals surface area contributed by atoms with Crippen LogP contribution in [0.5, 0.6) is 0 Å². The van der Waals surface area contributed by atoms with Crippen LogP contribution in [-0.2, 0) is 11.8 Å². The molecule has 7 heteroatoms. The van der Waals surface area contributed by atoms with Crippen LogP contribution in [0.15, 0.2) is 35.2 Å². The van der Waals surface area contributed by atoms with Gasteiger partial charge in [0.25, 0.3) is 5.91 Å². The number of nitrogens with one attached hydrogen (secondary N) is 2. The first-order chi connectivity index (χ1) is 13.3. The number of halogens is 1. The summed E-state index contributed by atoms with van der Waals surface area (Å²) in [5, 5.41) is 5.66. The third-order valence-corrected chi connectivity index (χ3v) is 5.30. The van der Waals surface area contributed by atoms with Crippen molar-refractivity contribution in [3.8, 4) is 11.3 Å². The quantitative estimate of drug-likeness (QED) is 0.780. The fraction of sp³-hybridized carbons (Fsp3) is 0.381. The van der Waals surface area contributed by atoms with Crippen LogP contribution in [0, 0.1) is 13.8 Å². The average Bonchev–Trinajstić information content (AvgIpc) is 3.02. The predicted molar refractivity (Wildman–Crippen MR) is 110 cm³/mol. The van der Waals surface area contributed by atoms with Crippen LogP contribution in [0.2, 0.25) is 0 Å². The van der Waals surface area contributed by atoms with E-state index in [1.807, 2.05) is 49.9 Å². The average molecular weight is 383 g/mol. The number of alkyl halides is 1. The SMILES string of the molecule is C=N/C(=C\c1cc(-c2cnc(C)n2C)ccc1C)NC(=O)C1(F)CCNCC1. The Balaban J connectivity index is 1.87. The van der Waals surface area contributed by atoms with Gasteiger partial charge in [-0.2, -0.15) is 0 Å². The lowest BCUT2D eigenvalue weighted by Crippen LogP contribution is -2.49. The normalized spacial score (nSPS) is 16.6. The Hall–Kier alpha value is -2.80. The van der Waals surface area contributed by atoms with Crippen molar-refractivity contribution in [3.63, 3.8) is 0 Å². The molecule has 148 valence electrons. The highest BCUT2D eigenvalue weighted by atomic mass is 19.1. The summed E-state index contributed by atoms with van der Waals surface area (Å²) < 4.78 is 16.9. The van der Waals surface area contributed by atoms with E-state index in [1.54, 1.807) is 6.08 Å². The van der Waals surface area contributed by atoms with Crippen molar-refractivity contribution in [2.24, 2.45) is 12.0 Å². The maximum absolute atomic E-state index is 14.9. The summed E-state index contributed by atoms with van der Waals surface area (Å²) in [6.45, 7) is 8.40. The van der Waals surface area contributed by atoms with Crippen LogP contribution in [0.3, 0.4) is 0 Å². The van der Waals surface area contributed by atoms with Crippen molar-refractivity contribution in [1.29, 1.82) is 0 Å². The topological polar surface area (TPSA) is 71.3 Å². The third-order valence-electron chi connectivity index (χ3n) is 5.30. The molecule has 0 aliphatic carbocycles. The van der Waals surface area contributed by atoms with Crippen LogP contribution in [0.1, 0.15) is 29.8 Å². The van der Waals surface area contributed by atoms with E-state index in [9.17, 15) is 9.18 Å². The second-order valence-electron chi connectivity index (χ2n) is 7.18. The molecule has 0 saturated carbocycles. The molecule has 1 aliphatic heterocycles. The lowest BCUT2D eigenvalue weighted by Gasteiger charge is -2.28. The highest BCUT2D eigenvalue weighted by Crippen LogP contribution is 2.26. The smallest absolute Gasteiger partial charge is 0.263 e. The molecule has 1 saturated heterocycles. The fourth-order valence-corrected chi connectivity index (χ4v) is 3.27. The van der Waals surface area contributed by atoms with Crippen molar-refractivity contribution in [2.45, 2.75) is 32.4 Å². The summed E-state index contributed by atoms with van der Waals surface area (Å²) in [6, 6.07) is 6.02. The lowest BCUT2D eigenvalue weighted by atomic mass is 9.93. The molecule has 6 nitrogen and oxygen atoms in total. The zero-order chi connectivity index (χ0) is 20.3. The first-order valence-corrected chi connectivity index (χ1v) is 9.33. The van der Waals surface area contributed by atoms with Crippen LogP contribution < -0.4 is 10.6 Å². The third kappa shape index (κ3) is 4.04. The van der Waals surface area contributed by atoms with Crippen molar-refractivity contribution < 1.29 is 9.18 Å². The van der Waals surface area contributed by atoms with Crippen molar-refractivity contribution in [3.05, 3.63) is 47.2 Å². The van der Waals surface area contributed by atoms with Crippen molar-refractivity contribution in [1.82, 2.24) is 20.2 Å². The first kappa shape index (κ1) is 19.9. The molecule has 0 radical (unpaired) electrons. The summed E-state index contributed by atoms with van der Waals surface area (Å²) in [5.41, 5.74) is 1.99. The molecule has 0 spiro atoms. The fourth-order valence-electron chi connectivity index (χ4n) is 3.27. The van der Waals surface area contributed by atoms with Gasteiger partial charge >= 0.3 is 0 Å². The molecule has 1 amide bonds. The van der Waals surface area contributed by atoms with E-state index in [0.29, 0.717) is 13.1 Å². The van der Waals surface area contributed by atoms with Crippen LogP contribution in [-0.4, -0.2) is 40.9 Å². The summed E-state index contributed by atoms with van der Waals surface area (Å²) in [6.07, 6.45) is 3.85. The molecule has 2 heterocycles. The van der Waals surface area contributed by atoms with Crippen LogP contribution in [0.25, 0.3) is 17.3 Å². The second kappa shape index (κ2) is 8.06. The molecule has 3 rings (SSSR count). The summed E-state index contributed by atoms with van der Waals surface area (Å²) >= 11 is 0. The molecule has 0 unspecified atom stereocenters. The predicted octanol–water partition coefficient (Wildman–Crippen LogP) is 2.91. The Kier molecular flexibility index (Phi) is 5.74. The van der Waals surface area contributed by atoms with Gasteiger partial charge in [0.1, 0.15) is 11.6 Å². The van der Waals surface area contributed by atoms with E-state index in [0.717, 1.165) is 28.2 Å². The van der Waals surface area contributed by atoms with E-state index in [4.69, 9.17) is 0 Å². The van der Waals surface area contributed by atoms with E-state index in [2.05, 4.69) is 27.3 Å².